The van der Waals surface area contributed by atoms with Gasteiger partial charge in [0, 0.05) is 36.3 Å². The Morgan fingerprint density at radius 1 is 1.29 bits per heavy atom. The smallest absolute Gasteiger partial charge is 0.282 e. The SMILES string of the molecule is N#Cc1c(N)sc2c1CCN(c1ccc([N+](=O)[O-])c(C(=O)N3CCCC3)c1)C2. The summed E-state index contributed by atoms with van der Waals surface area (Å²) in [6, 6.07) is 6.91. The molecule has 2 N–H and O–H groups in total. The van der Waals surface area contributed by atoms with Gasteiger partial charge in [0.25, 0.3) is 11.6 Å². The van der Waals surface area contributed by atoms with E-state index in [0.29, 0.717) is 43.2 Å². The van der Waals surface area contributed by atoms with E-state index in [9.17, 15) is 20.2 Å². The second-order valence-electron chi connectivity index (χ2n) is 6.98. The minimum Gasteiger partial charge on any atom is -0.389 e. The molecular formula is C19H19N5O3S. The number of thiophene rings is 1. The molecule has 1 saturated heterocycles. The number of nitriles is 1. The van der Waals surface area contributed by atoms with Gasteiger partial charge in [-0.15, -0.1) is 11.3 Å². The van der Waals surface area contributed by atoms with Gasteiger partial charge in [0.2, 0.25) is 0 Å². The highest BCUT2D eigenvalue weighted by atomic mass is 32.1. The molecule has 2 aromatic rings. The first-order valence-electron chi connectivity index (χ1n) is 9.12. The fraction of sp³-hybridized carbons (Fsp3) is 0.368. The molecule has 0 spiro atoms. The summed E-state index contributed by atoms with van der Waals surface area (Å²) >= 11 is 1.41. The van der Waals surface area contributed by atoms with Crippen molar-refractivity contribution < 1.29 is 9.72 Å². The maximum atomic E-state index is 12.8. The number of carbonyl (C=O) groups excluding carboxylic acids is 1. The predicted molar refractivity (Wildman–Crippen MR) is 106 cm³/mol. The summed E-state index contributed by atoms with van der Waals surface area (Å²) in [6.07, 6.45) is 2.53. The fourth-order valence-corrected chi connectivity index (χ4v) is 4.99. The summed E-state index contributed by atoms with van der Waals surface area (Å²) < 4.78 is 0. The first-order valence-corrected chi connectivity index (χ1v) is 9.94. The van der Waals surface area contributed by atoms with Gasteiger partial charge >= 0.3 is 0 Å². The van der Waals surface area contributed by atoms with E-state index in [-0.39, 0.29) is 17.2 Å². The number of nitrogens with zero attached hydrogens (tertiary/aromatic N) is 4. The van der Waals surface area contributed by atoms with Crippen molar-refractivity contribution in [1.82, 2.24) is 4.90 Å². The normalized spacial score (nSPS) is 16.0. The molecule has 2 aliphatic rings. The maximum Gasteiger partial charge on any atom is 0.282 e. The molecule has 9 heteroatoms. The highest BCUT2D eigenvalue weighted by Crippen LogP contribution is 2.37. The molecule has 4 rings (SSSR count). The summed E-state index contributed by atoms with van der Waals surface area (Å²) in [4.78, 5) is 28.6. The summed E-state index contributed by atoms with van der Waals surface area (Å²) in [7, 11) is 0. The van der Waals surface area contributed by atoms with Crippen LogP contribution in [0.25, 0.3) is 0 Å². The third-order valence-electron chi connectivity index (χ3n) is 5.36. The number of amides is 1. The highest BCUT2D eigenvalue weighted by Gasteiger charge is 2.29. The number of fused-ring (bicyclic) bond motifs is 1. The van der Waals surface area contributed by atoms with Gasteiger partial charge in [-0.2, -0.15) is 5.26 Å². The number of nitrogens with two attached hydrogens (primary N) is 1. The number of likely N-dealkylation sites (tertiary alicyclic amines) is 1. The Balaban J connectivity index is 1.67. The molecular weight excluding hydrogens is 378 g/mol. The van der Waals surface area contributed by atoms with E-state index in [4.69, 9.17) is 5.73 Å². The number of nitro benzene ring substituents is 1. The number of benzene rings is 1. The van der Waals surface area contributed by atoms with Crippen LogP contribution in [0.5, 0.6) is 0 Å². The third kappa shape index (κ3) is 3.05. The van der Waals surface area contributed by atoms with Gasteiger partial charge in [-0.3, -0.25) is 14.9 Å². The number of nitrogen functional groups attached to an aromatic ring is 1. The minimum absolute atomic E-state index is 0.138. The van der Waals surface area contributed by atoms with Crippen LogP contribution in [0.1, 0.15) is 39.2 Å². The van der Waals surface area contributed by atoms with Gasteiger partial charge < -0.3 is 15.5 Å². The molecule has 0 aliphatic carbocycles. The number of hydrogen-bond acceptors (Lipinski definition) is 7. The maximum absolute atomic E-state index is 12.8. The lowest BCUT2D eigenvalue weighted by Gasteiger charge is -2.29. The number of anilines is 2. The van der Waals surface area contributed by atoms with Crippen molar-refractivity contribution in [1.29, 1.82) is 5.26 Å². The number of hydrogen-bond donors (Lipinski definition) is 1. The van der Waals surface area contributed by atoms with E-state index < -0.39 is 4.92 Å². The second-order valence-corrected chi connectivity index (χ2v) is 8.12. The Labute approximate surface area is 165 Å². The minimum atomic E-state index is -0.499. The van der Waals surface area contributed by atoms with Crippen molar-refractivity contribution in [2.45, 2.75) is 25.8 Å². The first kappa shape index (κ1) is 18.3. The molecule has 28 heavy (non-hydrogen) atoms. The summed E-state index contributed by atoms with van der Waals surface area (Å²) in [5, 5.41) is 21.3. The molecule has 3 heterocycles. The molecule has 0 saturated carbocycles. The van der Waals surface area contributed by atoms with E-state index in [1.54, 1.807) is 17.0 Å². The molecule has 0 atom stereocenters. The Morgan fingerprint density at radius 3 is 2.71 bits per heavy atom. The van der Waals surface area contributed by atoms with Crippen LogP contribution in [-0.4, -0.2) is 35.4 Å². The van der Waals surface area contributed by atoms with Crippen LogP contribution in [0.3, 0.4) is 0 Å². The molecule has 1 aromatic carbocycles. The van der Waals surface area contributed by atoms with E-state index in [1.165, 1.54) is 17.4 Å². The van der Waals surface area contributed by atoms with Crippen molar-refractivity contribution in [3.8, 4) is 6.07 Å². The van der Waals surface area contributed by atoms with Crippen LogP contribution < -0.4 is 10.6 Å². The lowest BCUT2D eigenvalue weighted by Crippen LogP contribution is -2.31. The number of carbonyl (C=O) groups is 1. The topological polar surface area (TPSA) is 116 Å². The molecule has 8 nitrogen and oxygen atoms in total. The lowest BCUT2D eigenvalue weighted by atomic mass is 10.0. The van der Waals surface area contributed by atoms with Crippen LogP contribution >= 0.6 is 11.3 Å². The fourth-order valence-electron chi connectivity index (χ4n) is 3.91. The Kier molecular flexibility index (Phi) is 4.65. The highest BCUT2D eigenvalue weighted by molar-refractivity contribution is 7.16. The predicted octanol–water partition coefficient (Wildman–Crippen LogP) is 2.91. The van der Waals surface area contributed by atoms with E-state index in [1.807, 2.05) is 0 Å². The molecule has 144 valence electrons. The number of nitro groups is 1. The zero-order valence-electron chi connectivity index (χ0n) is 15.2. The van der Waals surface area contributed by atoms with Gasteiger partial charge in [0.1, 0.15) is 16.6 Å². The Hall–Kier alpha value is -3.12. The molecule has 2 aliphatic heterocycles. The molecule has 1 amide bonds. The van der Waals surface area contributed by atoms with Crippen molar-refractivity contribution in [3.05, 3.63) is 49.9 Å². The monoisotopic (exact) mass is 397 g/mol. The zero-order chi connectivity index (χ0) is 19.8. The van der Waals surface area contributed by atoms with Crippen LogP contribution in [-0.2, 0) is 13.0 Å². The molecule has 1 fully saturated rings. The standard InChI is InChI=1S/C19H19N5O3S/c20-10-15-13-5-8-23(11-17(13)28-18(15)21)12-3-4-16(24(26)27)14(9-12)19(25)22-6-1-2-7-22/h3-4,9H,1-2,5-8,11,21H2. The van der Waals surface area contributed by atoms with Gasteiger partial charge in [0.15, 0.2) is 0 Å². The van der Waals surface area contributed by atoms with E-state index >= 15 is 0 Å². The Morgan fingerprint density at radius 2 is 2.04 bits per heavy atom. The average molecular weight is 397 g/mol. The van der Waals surface area contributed by atoms with E-state index in [2.05, 4.69) is 11.0 Å². The first-order chi connectivity index (χ1) is 13.5. The van der Waals surface area contributed by atoms with Crippen molar-refractivity contribution in [3.63, 3.8) is 0 Å². The van der Waals surface area contributed by atoms with Crippen LogP contribution in [0.2, 0.25) is 0 Å². The van der Waals surface area contributed by atoms with Gasteiger partial charge in [0.05, 0.1) is 17.0 Å². The molecule has 0 unspecified atom stereocenters. The third-order valence-corrected chi connectivity index (χ3v) is 6.41. The summed E-state index contributed by atoms with van der Waals surface area (Å²) in [5.74, 6) is -0.282. The van der Waals surface area contributed by atoms with Crippen molar-refractivity contribution in [2.24, 2.45) is 0 Å². The summed E-state index contributed by atoms with van der Waals surface area (Å²) in [6.45, 7) is 2.51. The van der Waals surface area contributed by atoms with Gasteiger partial charge in [-0.1, -0.05) is 0 Å². The second kappa shape index (κ2) is 7.13. The summed E-state index contributed by atoms with van der Waals surface area (Å²) in [5.41, 5.74) is 8.26. The quantitative estimate of drug-likeness (QED) is 0.629. The van der Waals surface area contributed by atoms with Gasteiger partial charge in [-0.25, -0.2) is 0 Å². The van der Waals surface area contributed by atoms with E-state index in [0.717, 1.165) is 29.0 Å². The molecule has 1 aromatic heterocycles. The van der Waals surface area contributed by atoms with Crippen molar-refractivity contribution >= 4 is 33.6 Å². The van der Waals surface area contributed by atoms with Crippen LogP contribution in [0.4, 0.5) is 16.4 Å². The molecule has 0 radical (unpaired) electrons. The largest absolute Gasteiger partial charge is 0.389 e. The van der Waals surface area contributed by atoms with Crippen LogP contribution in [0, 0.1) is 21.4 Å². The van der Waals surface area contributed by atoms with Crippen molar-refractivity contribution in [2.75, 3.05) is 30.3 Å². The van der Waals surface area contributed by atoms with Crippen LogP contribution in [0.15, 0.2) is 18.2 Å². The Bertz CT molecular complexity index is 1000. The molecule has 0 bridgehead atoms. The zero-order valence-corrected chi connectivity index (χ0v) is 16.0. The average Bonchev–Trinajstić information content (AvgIpc) is 3.33. The van der Waals surface area contributed by atoms with Gasteiger partial charge in [-0.05, 0) is 37.0 Å². The number of rotatable bonds is 3. The lowest BCUT2D eigenvalue weighted by molar-refractivity contribution is -0.385.